The van der Waals surface area contributed by atoms with Gasteiger partial charge >= 0.3 is 0 Å². The van der Waals surface area contributed by atoms with Crippen LogP contribution in [0.5, 0.6) is 0 Å². The summed E-state index contributed by atoms with van der Waals surface area (Å²) in [5.41, 5.74) is 1.59. The van der Waals surface area contributed by atoms with Crippen molar-refractivity contribution in [1.82, 2.24) is 10.2 Å². The molecule has 0 spiro atoms. The lowest BCUT2D eigenvalue weighted by molar-refractivity contribution is -0.136. The zero-order valence-corrected chi connectivity index (χ0v) is 12.4. The number of hydrogen-bond donors (Lipinski definition) is 1. The molecule has 1 aromatic rings. The Morgan fingerprint density at radius 1 is 1.33 bits per heavy atom. The van der Waals surface area contributed by atoms with Gasteiger partial charge in [0.1, 0.15) is 6.04 Å². The molecular formula is C14H10BrN3O3. The van der Waals surface area contributed by atoms with Gasteiger partial charge in [0.05, 0.1) is 6.57 Å². The smallest absolute Gasteiger partial charge is 0.253 e. The first-order valence-electron chi connectivity index (χ1n) is 6.36. The summed E-state index contributed by atoms with van der Waals surface area (Å²) < 4.78 is 0.689. The van der Waals surface area contributed by atoms with E-state index >= 15 is 0 Å². The number of halogens is 1. The minimum atomic E-state index is -0.633. The second-order valence-electron chi connectivity index (χ2n) is 4.97. The molecule has 1 saturated heterocycles. The van der Waals surface area contributed by atoms with E-state index in [1.165, 1.54) is 4.90 Å². The van der Waals surface area contributed by atoms with Gasteiger partial charge in [0.25, 0.3) is 5.91 Å². The average Bonchev–Trinajstić information content (AvgIpc) is 2.77. The van der Waals surface area contributed by atoms with Crippen molar-refractivity contribution >= 4 is 39.3 Å². The van der Waals surface area contributed by atoms with E-state index in [0.717, 1.165) is 5.56 Å². The number of fused-ring (bicyclic) bond motifs is 1. The summed E-state index contributed by atoms with van der Waals surface area (Å²) in [6.07, 6.45) is 0.558. The van der Waals surface area contributed by atoms with E-state index in [9.17, 15) is 14.4 Å². The van der Waals surface area contributed by atoms with Crippen LogP contribution in [-0.2, 0) is 16.1 Å². The molecule has 0 aliphatic carbocycles. The number of benzene rings is 1. The SMILES string of the molecule is [C-]#[N+]c1cc(Br)c2c(c1)C(=O)N(C1CCC(=O)NC1=O)C2. The number of nitrogens with one attached hydrogen (secondary N) is 1. The molecule has 1 aromatic carbocycles. The molecule has 106 valence electrons. The number of piperidine rings is 1. The molecule has 0 bridgehead atoms. The molecule has 0 radical (unpaired) electrons. The van der Waals surface area contributed by atoms with E-state index < -0.39 is 11.9 Å². The molecule has 6 nitrogen and oxygen atoms in total. The van der Waals surface area contributed by atoms with Crippen LogP contribution in [0.3, 0.4) is 0 Å². The van der Waals surface area contributed by atoms with Gasteiger partial charge in [-0.25, -0.2) is 4.85 Å². The number of rotatable bonds is 1. The van der Waals surface area contributed by atoms with Gasteiger partial charge in [-0.05, 0) is 24.1 Å². The monoisotopic (exact) mass is 347 g/mol. The van der Waals surface area contributed by atoms with Crippen LogP contribution in [-0.4, -0.2) is 28.7 Å². The molecule has 1 fully saturated rings. The lowest BCUT2D eigenvalue weighted by Gasteiger charge is -2.29. The van der Waals surface area contributed by atoms with Crippen molar-refractivity contribution in [2.45, 2.75) is 25.4 Å². The van der Waals surface area contributed by atoms with E-state index in [-0.39, 0.29) is 18.2 Å². The summed E-state index contributed by atoms with van der Waals surface area (Å²) in [7, 11) is 0. The molecule has 0 saturated carbocycles. The second kappa shape index (κ2) is 4.97. The maximum Gasteiger partial charge on any atom is 0.253 e. The summed E-state index contributed by atoms with van der Waals surface area (Å²) >= 11 is 3.37. The molecule has 7 heteroatoms. The summed E-state index contributed by atoms with van der Waals surface area (Å²) in [6, 6.07) is 2.57. The first-order chi connectivity index (χ1) is 10.0. The Bertz CT molecular complexity index is 723. The van der Waals surface area contributed by atoms with Gasteiger partial charge in [0.15, 0.2) is 5.69 Å². The molecule has 0 aromatic heterocycles. The highest BCUT2D eigenvalue weighted by Crippen LogP contribution is 2.35. The first-order valence-corrected chi connectivity index (χ1v) is 7.15. The van der Waals surface area contributed by atoms with Gasteiger partial charge in [-0.1, -0.05) is 15.9 Å². The lowest BCUT2D eigenvalue weighted by atomic mass is 10.0. The molecule has 1 atom stereocenters. The van der Waals surface area contributed by atoms with Crippen molar-refractivity contribution < 1.29 is 14.4 Å². The predicted octanol–water partition coefficient (Wildman–Crippen LogP) is 1.76. The largest absolute Gasteiger partial charge is 0.322 e. The van der Waals surface area contributed by atoms with Crippen LogP contribution >= 0.6 is 15.9 Å². The van der Waals surface area contributed by atoms with Crippen LogP contribution in [0.4, 0.5) is 5.69 Å². The van der Waals surface area contributed by atoms with E-state index in [0.29, 0.717) is 28.7 Å². The van der Waals surface area contributed by atoms with Crippen LogP contribution < -0.4 is 5.32 Å². The van der Waals surface area contributed by atoms with E-state index in [1.54, 1.807) is 12.1 Å². The maximum absolute atomic E-state index is 12.5. The predicted molar refractivity (Wildman–Crippen MR) is 76.4 cm³/mol. The van der Waals surface area contributed by atoms with Crippen LogP contribution in [0.2, 0.25) is 0 Å². The van der Waals surface area contributed by atoms with Gasteiger partial charge < -0.3 is 4.90 Å². The second-order valence-corrected chi connectivity index (χ2v) is 5.82. The fourth-order valence-corrected chi connectivity index (χ4v) is 3.24. The Kier molecular flexibility index (Phi) is 3.26. The Hall–Kier alpha value is -2.20. The number of carbonyl (C=O) groups is 3. The normalized spacial score (nSPS) is 21.0. The van der Waals surface area contributed by atoms with Gasteiger partial charge in [-0.3, -0.25) is 19.7 Å². The minimum absolute atomic E-state index is 0.227. The minimum Gasteiger partial charge on any atom is -0.322 e. The highest BCUT2D eigenvalue weighted by molar-refractivity contribution is 9.10. The zero-order valence-electron chi connectivity index (χ0n) is 10.9. The van der Waals surface area contributed by atoms with E-state index in [2.05, 4.69) is 26.1 Å². The van der Waals surface area contributed by atoms with E-state index in [4.69, 9.17) is 6.57 Å². The molecule has 2 aliphatic heterocycles. The average molecular weight is 348 g/mol. The molecular weight excluding hydrogens is 338 g/mol. The van der Waals surface area contributed by atoms with Gasteiger partial charge in [0.2, 0.25) is 11.8 Å². The third-order valence-corrected chi connectivity index (χ3v) is 4.42. The first kappa shape index (κ1) is 13.8. The lowest BCUT2D eigenvalue weighted by Crippen LogP contribution is -2.52. The van der Waals surface area contributed by atoms with Crippen LogP contribution in [0.25, 0.3) is 4.85 Å². The third kappa shape index (κ3) is 2.21. The van der Waals surface area contributed by atoms with E-state index in [1.807, 2.05) is 0 Å². The molecule has 21 heavy (non-hydrogen) atoms. The van der Waals surface area contributed by atoms with Crippen LogP contribution in [0, 0.1) is 6.57 Å². The molecule has 3 rings (SSSR count). The van der Waals surface area contributed by atoms with Crippen LogP contribution in [0.15, 0.2) is 16.6 Å². The molecule has 2 heterocycles. The summed E-state index contributed by atoms with van der Waals surface area (Å²) in [5, 5.41) is 2.26. The Labute approximate surface area is 129 Å². The van der Waals surface area contributed by atoms with Crippen molar-refractivity contribution in [3.8, 4) is 0 Å². The zero-order chi connectivity index (χ0) is 15.1. The van der Waals surface area contributed by atoms with Gasteiger partial charge in [-0.2, -0.15) is 0 Å². The molecule has 2 aliphatic rings. The Morgan fingerprint density at radius 3 is 2.76 bits per heavy atom. The van der Waals surface area contributed by atoms with Gasteiger partial charge in [-0.15, -0.1) is 0 Å². The third-order valence-electron chi connectivity index (χ3n) is 3.72. The highest BCUT2D eigenvalue weighted by atomic mass is 79.9. The van der Waals surface area contributed by atoms with Crippen molar-refractivity contribution in [1.29, 1.82) is 0 Å². The van der Waals surface area contributed by atoms with Crippen molar-refractivity contribution in [2.75, 3.05) is 0 Å². The van der Waals surface area contributed by atoms with Gasteiger partial charge in [0, 0.05) is 23.0 Å². The summed E-state index contributed by atoms with van der Waals surface area (Å²) in [6.45, 7) is 7.35. The number of carbonyl (C=O) groups excluding carboxylic acids is 3. The topological polar surface area (TPSA) is 70.8 Å². The number of nitrogens with zero attached hydrogens (tertiary/aromatic N) is 2. The van der Waals surface area contributed by atoms with Crippen molar-refractivity contribution in [3.63, 3.8) is 0 Å². The summed E-state index contributed by atoms with van der Waals surface area (Å²) in [5.74, 6) is -1.02. The molecule has 1 unspecified atom stereocenters. The number of imide groups is 1. The summed E-state index contributed by atoms with van der Waals surface area (Å²) in [4.78, 5) is 40.4. The number of hydrogen-bond acceptors (Lipinski definition) is 3. The Morgan fingerprint density at radius 2 is 2.10 bits per heavy atom. The molecule has 1 N–H and O–H groups in total. The number of amides is 3. The fourth-order valence-electron chi connectivity index (χ4n) is 2.67. The fraction of sp³-hybridized carbons (Fsp3) is 0.286. The quantitative estimate of drug-likeness (QED) is 0.621. The maximum atomic E-state index is 12.5. The standard InChI is InChI=1S/C14H10BrN3O3/c1-16-7-4-8-9(10(15)5-7)6-18(14(8)21)11-2-3-12(19)17-13(11)20/h4-5,11H,2-3,6H2,(H,17,19,20). The van der Waals surface area contributed by atoms with Crippen LogP contribution in [0.1, 0.15) is 28.8 Å². The molecule has 3 amide bonds. The highest BCUT2D eigenvalue weighted by Gasteiger charge is 2.39. The Balaban J connectivity index is 1.94. The van der Waals surface area contributed by atoms with Crippen molar-refractivity contribution in [2.24, 2.45) is 0 Å². The van der Waals surface area contributed by atoms with Crippen molar-refractivity contribution in [3.05, 3.63) is 39.1 Å².